The lowest BCUT2D eigenvalue weighted by molar-refractivity contribution is -0.119. The minimum absolute atomic E-state index is 0.0969. The molecule has 32 heavy (non-hydrogen) atoms. The predicted molar refractivity (Wildman–Crippen MR) is 124 cm³/mol. The Morgan fingerprint density at radius 2 is 1.69 bits per heavy atom. The van der Waals surface area contributed by atoms with E-state index in [1.165, 1.54) is 12.4 Å². The number of nitrogens with one attached hydrogen (secondary N) is 2. The molecule has 1 aromatic heterocycles. The molecule has 3 aliphatic rings. The van der Waals surface area contributed by atoms with E-state index in [0.29, 0.717) is 11.6 Å². The number of nitrogens with two attached hydrogens (primary N) is 1. The van der Waals surface area contributed by atoms with Crippen molar-refractivity contribution in [2.45, 2.75) is 36.8 Å². The highest BCUT2D eigenvalue weighted by atomic mass is 16.5. The standard InChI is InChI=1S/C25H25N5O2/c1-2-20(31)29-24-12-13-25(14-24,15-24)30-23-21(22(26)27-16-28-23)17-8-10-19(11-9-17)32-18-6-4-3-5-7-18/h2-11,16H,1,12-15H2,(H,29,31)(H3,26,27,28,30). The molecule has 3 fully saturated rings. The van der Waals surface area contributed by atoms with Gasteiger partial charge in [0.2, 0.25) is 5.91 Å². The van der Waals surface area contributed by atoms with Crippen molar-refractivity contribution in [2.24, 2.45) is 0 Å². The number of hydrogen-bond donors (Lipinski definition) is 3. The largest absolute Gasteiger partial charge is 0.457 e. The normalized spacial score (nSPS) is 23.1. The van der Waals surface area contributed by atoms with Crippen molar-refractivity contribution in [3.8, 4) is 22.6 Å². The van der Waals surface area contributed by atoms with Gasteiger partial charge in [0.15, 0.2) is 0 Å². The second-order valence-corrected chi connectivity index (χ2v) is 8.65. The predicted octanol–water partition coefficient (Wildman–Crippen LogP) is 4.30. The van der Waals surface area contributed by atoms with Gasteiger partial charge in [0.1, 0.15) is 29.5 Å². The van der Waals surface area contributed by atoms with Gasteiger partial charge in [0, 0.05) is 11.1 Å². The molecule has 0 aliphatic heterocycles. The maximum Gasteiger partial charge on any atom is 0.243 e. The average Bonchev–Trinajstić information content (AvgIpc) is 3.30. The monoisotopic (exact) mass is 427 g/mol. The summed E-state index contributed by atoms with van der Waals surface area (Å²) in [5, 5.41) is 6.72. The Hall–Kier alpha value is -3.87. The summed E-state index contributed by atoms with van der Waals surface area (Å²) in [6.45, 7) is 3.55. The molecule has 7 nitrogen and oxygen atoms in total. The molecule has 3 saturated carbocycles. The van der Waals surface area contributed by atoms with E-state index in [1.54, 1.807) is 0 Å². The third-order valence-electron chi connectivity index (χ3n) is 6.39. The summed E-state index contributed by atoms with van der Waals surface area (Å²) >= 11 is 0. The van der Waals surface area contributed by atoms with Crippen LogP contribution in [0.5, 0.6) is 11.5 Å². The third-order valence-corrected chi connectivity index (χ3v) is 6.39. The van der Waals surface area contributed by atoms with Crippen LogP contribution < -0.4 is 21.1 Å². The molecule has 0 radical (unpaired) electrons. The van der Waals surface area contributed by atoms with Gasteiger partial charge >= 0.3 is 0 Å². The first-order valence-electron chi connectivity index (χ1n) is 10.7. The Morgan fingerprint density at radius 3 is 2.41 bits per heavy atom. The van der Waals surface area contributed by atoms with Crippen molar-refractivity contribution in [3.63, 3.8) is 0 Å². The average molecular weight is 428 g/mol. The highest BCUT2D eigenvalue weighted by Gasteiger charge is 2.61. The van der Waals surface area contributed by atoms with Crippen LogP contribution in [0.2, 0.25) is 0 Å². The minimum atomic E-state index is -0.145. The molecule has 6 rings (SSSR count). The maximum atomic E-state index is 11.8. The second kappa shape index (κ2) is 7.67. The highest BCUT2D eigenvalue weighted by Crippen LogP contribution is 2.57. The first kappa shape index (κ1) is 20.1. The van der Waals surface area contributed by atoms with Crippen LogP contribution in [0.15, 0.2) is 73.6 Å². The van der Waals surface area contributed by atoms with Crippen molar-refractivity contribution in [2.75, 3.05) is 11.1 Å². The number of rotatable bonds is 7. The van der Waals surface area contributed by atoms with E-state index in [-0.39, 0.29) is 17.0 Å². The molecule has 3 aliphatic carbocycles. The number of fused-ring (bicyclic) bond motifs is 1. The molecule has 7 heteroatoms. The number of carbonyl (C=O) groups excluding carboxylic acids is 1. The van der Waals surface area contributed by atoms with Gasteiger partial charge in [0.25, 0.3) is 0 Å². The van der Waals surface area contributed by atoms with Crippen molar-refractivity contribution in [1.29, 1.82) is 0 Å². The van der Waals surface area contributed by atoms with E-state index in [0.717, 1.165) is 48.3 Å². The number of benzene rings is 2. The molecule has 162 valence electrons. The summed E-state index contributed by atoms with van der Waals surface area (Å²) in [4.78, 5) is 20.5. The van der Waals surface area contributed by atoms with Crippen LogP contribution in [0, 0.1) is 0 Å². The van der Waals surface area contributed by atoms with Crippen LogP contribution in [-0.4, -0.2) is 27.0 Å². The molecular formula is C25H25N5O2. The first-order chi connectivity index (χ1) is 15.5. The number of ether oxygens (including phenoxy) is 1. The van der Waals surface area contributed by atoms with Crippen LogP contribution in [0.25, 0.3) is 11.1 Å². The second-order valence-electron chi connectivity index (χ2n) is 8.65. The van der Waals surface area contributed by atoms with Gasteiger partial charge in [-0.15, -0.1) is 0 Å². The van der Waals surface area contributed by atoms with Crippen molar-refractivity contribution < 1.29 is 9.53 Å². The van der Waals surface area contributed by atoms with E-state index in [9.17, 15) is 4.79 Å². The fourth-order valence-electron chi connectivity index (χ4n) is 5.03. The smallest absolute Gasteiger partial charge is 0.243 e. The van der Waals surface area contributed by atoms with Crippen molar-refractivity contribution in [3.05, 3.63) is 73.6 Å². The Kier molecular flexibility index (Phi) is 4.81. The van der Waals surface area contributed by atoms with Crippen LogP contribution in [0.3, 0.4) is 0 Å². The van der Waals surface area contributed by atoms with Crippen LogP contribution in [0.1, 0.15) is 25.7 Å². The van der Waals surface area contributed by atoms with E-state index in [2.05, 4.69) is 27.2 Å². The summed E-state index contributed by atoms with van der Waals surface area (Å²) in [7, 11) is 0. The maximum absolute atomic E-state index is 11.8. The Bertz CT molecular complexity index is 1150. The number of hydrogen-bond acceptors (Lipinski definition) is 6. The molecule has 1 heterocycles. The number of aromatic nitrogens is 2. The lowest BCUT2D eigenvalue weighted by Gasteiger charge is -2.48. The highest BCUT2D eigenvalue weighted by molar-refractivity contribution is 5.88. The van der Waals surface area contributed by atoms with Crippen molar-refractivity contribution in [1.82, 2.24) is 15.3 Å². The molecule has 1 amide bonds. The fraction of sp³-hybridized carbons (Fsp3) is 0.240. The van der Waals surface area contributed by atoms with Gasteiger partial charge in [-0.05, 0) is 61.6 Å². The van der Waals surface area contributed by atoms with Gasteiger partial charge in [-0.2, -0.15) is 0 Å². The van der Waals surface area contributed by atoms with E-state index >= 15 is 0 Å². The third kappa shape index (κ3) is 3.66. The number of nitrogen functional groups attached to an aromatic ring is 1. The Morgan fingerprint density at radius 1 is 1.00 bits per heavy atom. The SMILES string of the molecule is C=CC(=O)NC12CCC(Nc3ncnc(N)c3-c3ccc(Oc4ccccc4)cc3)(C1)C2. The van der Waals surface area contributed by atoms with E-state index in [4.69, 9.17) is 10.5 Å². The zero-order valence-electron chi connectivity index (χ0n) is 17.7. The number of amides is 1. The molecular weight excluding hydrogens is 402 g/mol. The van der Waals surface area contributed by atoms with Gasteiger partial charge in [-0.1, -0.05) is 36.9 Å². The lowest BCUT2D eigenvalue weighted by atomic mass is 9.71. The number of carbonyl (C=O) groups is 1. The van der Waals surface area contributed by atoms with Crippen LogP contribution >= 0.6 is 0 Å². The van der Waals surface area contributed by atoms with Gasteiger partial charge in [-0.25, -0.2) is 9.97 Å². The topological polar surface area (TPSA) is 102 Å². The zero-order valence-corrected chi connectivity index (χ0v) is 17.7. The van der Waals surface area contributed by atoms with Crippen LogP contribution in [-0.2, 0) is 4.79 Å². The number of nitrogens with zero attached hydrogens (tertiary/aromatic N) is 2. The Labute approximate surface area is 186 Å². The zero-order chi connectivity index (χ0) is 22.2. The molecule has 0 unspecified atom stereocenters. The summed E-state index contributed by atoms with van der Waals surface area (Å²) in [5.74, 6) is 2.52. The number of para-hydroxylation sites is 1. The molecule has 3 aromatic rings. The van der Waals surface area contributed by atoms with Gasteiger partial charge in [-0.3, -0.25) is 4.79 Å². The van der Waals surface area contributed by atoms with E-state index < -0.39 is 0 Å². The molecule has 4 N–H and O–H groups in total. The Balaban J connectivity index is 1.35. The quantitative estimate of drug-likeness (QED) is 0.486. The van der Waals surface area contributed by atoms with Crippen LogP contribution in [0.4, 0.5) is 11.6 Å². The summed E-state index contributed by atoms with van der Waals surface area (Å²) in [5.41, 5.74) is 7.70. The fourth-order valence-corrected chi connectivity index (χ4v) is 5.03. The number of anilines is 2. The molecule has 0 saturated heterocycles. The summed E-state index contributed by atoms with van der Waals surface area (Å²) < 4.78 is 5.89. The molecule has 0 atom stereocenters. The van der Waals surface area contributed by atoms with Gasteiger partial charge in [0.05, 0.1) is 5.56 Å². The first-order valence-corrected chi connectivity index (χ1v) is 10.7. The van der Waals surface area contributed by atoms with Crippen molar-refractivity contribution >= 4 is 17.5 Å². The summed E-state index contributed by atoms with van der Waals surface area (Å²) in [6, 6.07) is 17.4. The van der Waals surface area contributed by atoms with E-state index in [1.807, 2.05) is 54.6 Å². The lowest BCUT2D eigenvalue weighted by Crippen LogP contribution is -2.61. The minimum Gasteiger partial charge on any atom is -0.457 e. The molecule has 0 spiro atoms. The molecule has 2 aromatic carbocycles. The summed E-state index contributed by atoms with van der Waals surface area (Å²) in [6.07, 6.45) is 6.40. The van der Waals surface area contributed by atoms with Gasteiger partial charge < -0.3 is 21.1 Å². The molecule has 2 bridgehead atoms.